The van der Waals surface area contributed by atoms with Crippen LogP contribution in [0.3, 0.4) is 0 Å². The summed E-state index contributed by atoms with van der Waals surface area (Å²) < 4.78 is 4.62. The van der Waals surface area contributed by atoms with Gasteiger partial charge in [0.2, 0.25) is 11.6 Å². The normalized spacial score (nSPS) is 14.4. The van der Waals surface area contributed by atoms with Gasteiger partial charge in [-0.05, 0) is 32.4 Å². The zero-order valence-electron chi connectivity index (χ0n) is 13.6. The largest absolute Gasteiger partial charge is 0.375 e. The van der Waals surface area contributed by atoms with Gasteiger partial charge in [0.05, 0.1) is 12.4 Å². The fourth-order valence-corrected chi connectivity index (χ4v) is 4.23. The van der Waals surface area contributed by atoms with Crippen LogP contribution in [-0.4, -0.2) is 23.4 Å². The lowest BCUT2D eigenvalue weighted by Gasteiger charge is -2.31. The Bertz CT molecular complexity index is 939. The Morgan fingerprint density at radius 1 is 1.13 bits per heavy atom. The lowest BCUT2D eigenvalue weighted by Crippen LogP contribution is -2.62. The summed E-state index contributed by atoms with van der Waals surface area (Å²) in [5.74, 6) is 3.58. The second kappa shape index (κ2) is 4.25. The van der Waals surface area contributed by atoms with Crippen LogP contribution in [0.2, 0.25) is 0 Å². The molecule has 23 heavy (non-hydrogen) atoms. The maximum atomic E-state index is 4.64. The molecule has 2 aromatic heterocycles. The summed E-state index contributed by atoms with van der Waals surface area (Å²) in [5, 5.41) is 0. The van der Waals surface area contributed by atoms with Crippen LogP contribution in [0.1, 0.15) is 17.0 Å². The summed E-state index contributed by atoms with van der Waals surface area (Å²) in [6.45, 7) is 5.51. The van der Waals surface area contributed by atoms with E-state index in [0.29, 0.717) is 0 Å². The van der Waals surface area contributed by atoms with E-state index in [1.54, 1.807) is 0 Å². The molecule has 0 radical (unpaired) electrons. The maximum absolute atomic E-state index is 4.64. The third-order valence-corrected chi connectivity index (χ3v) is 5.27. The van der Waals surface area contributed by atoms with E-state index in [1.165, 1.54) is 33.7 Å². The number of hydrogen-bond donors (Lipinski definition) is 0. The molecule has 0 aliphatic carbocycles. The summed E-state index contributed by atoms with van der Waals surface area (Å²) in [6, 6.07) is 11.0. The van der Waals surface area contributed by atoms with Gasteiger partial charge in [-0.25, -0.2) is 9.55 Å². The van der Waals surface area contributed by atoms with Crippen LogP contribution in [0.4, 0.5) is 5.82 Å². The fourth-order valence-electron chi connectivity index (χ4n) is 4.23. The molecule has 3 aromatic rings. The van der Waals surface area contributed by atoms with Crippen LogP contribution >= 0.6 is 0 Å². The topological polar surface area (TPSA) is 24.9 Å². The highest BCUT2D eigenvalue weighted by atomic mass is 15.3. The van der Waals surface area contributed by atoms with Crippen molar-refractivity contribution in [2.75, 3.05) is 11.9 Å². The third kappa shape index (κ3) is 1.52. The number of imidazole rings is 1. The van der Waals surface area contributed by atoms with Crippen molar-refractivity contribution in [1.82, 2.24) is 9.55 Å². The Morgan fingerprint density at radius 3 is 2.70 bits per heavy atom. The molecule has 1 aromatic carbocycles. The number of aryl methyl sites for hydroxylation is 2. The lowest BCUT2D eigenvalue weighted by molar-refractivity contribution is -0.673. The Kier molecular flexibility index (Phi) is 2.39. The predicted molar refractivity (Wildman–Crippen MR) is 92.2 cm³/mol. The number of nitrogens with zero attached hydrogens (tertiary/aromatic N) is 4. The highest BCUT2D eigenvalue weighted by Gasteiger charge is 2.46. The van der Waals surface area contributed by atoms with Crippen LogP contribution in [0.5, 0.6) is 0 Å². The van der Waals surface area contributed by atoms with Crippen molar-refractivity contribution < 1.29 is 4.57 Å². The van der Waals surface area contributed by atoms with Gasteiger partial charge in [-0.3, -0.25) is 0 Å². The van der Waals surface area contributed by atoms with Gasteiger partial charge in [0, 0.05) is 5.46 Å². The van der Waals surface area contributed by atoms with Crippen LogP contribution in [-0.2, 0) is 6.54 Å². The Morgan fingerprint density at radius 2 is 1.91 bits per heavy atom. The van der Waals surface area contributed by atoms with Crippen molar-refractivity contribution in [2.45, 2.75) is 20.4 Å². The zero-order valence-corrected chi connectivity index (χ0v) is 13.6. The Labute approximate surface area is 136 Å². The van der Waals surface area contributed by atoms with E-state index < -0.39 is 0 Å². The molecule has 5 rings (SSSR count). The van der Waals surface area contributed by atoms with Crippen molar-refractivity contribution in [2.24, 2.45) is 0 Å². The summed E-state index contributed by atoms with van der Waals surface area (Å²) in [7, 11) is 2.18. The first-order valence-corrected chi connectivity index (χ1v) is 8.05. The SMILES string of the molecule is Cc1cccc(C)c1B1c2ccc[n+]3c2-n2c(cnc2C3)N1C. The molecule has 0 saturated heterocycles. The summed E-state index contributed by atoms with van der Waals surface area (Å²) in [5.41, 5.74) is 5.45. The molecule has 2 aliphatic heterocycles. The Balaban J connectivity index is 1.85. The Hall–Kier alpha value is -2.56. The van der Waals surface area contributed by atoms with E-state index in [0.717, 1.165) is 12.4 Å². The standard InChI is InChI=1S/C18H18BN4/c1-12-6-4-7-13(2)17(12)19-14-8-5-9-22-11-15-20-10-16(21(19)3)23(15)18(14)22/h4-10H,11H2,1-3H3/q+1. The molecule has 4 nitrogen and oxygen atoms in total. The quantitative estimate of drug-likeness (QED) is 0.382. The summed E-state index contributed by atoms with van der Waals surface area (Å²) >= 11 is 0. The number of pyridine rings is 1. The van der Waals surface area contributed by atoms with Gasteiger partial charge >= 0.3 is 6.85 Å². The molecule has 0 unspecified atom stereocenters. The first-order chi connectivity index (χ1) is 11.2. The van der Waals surface area contributed by atoms with Crippen molar-refractivity contribution in [3.05, 3.63) is 59.7 Å². The molecule has 4 heterocycles. The first-order valence-electron chi connectivity index (χ1n) is 8.05. The number of aromatic nitrogens is 3. The van der Waals surface area contributed by atoms with Gasteiger partial charge in [-0.2, -0.15) is 4.57 Å². The van der Waals surface area contributed by atoms with E-state index in [1.807, 2.05) is 6.20 Å². The molecule has 0 spiro atoms. The summed E-state index contributed by atoms with van der Waals surface area (Å²) in [6.07, 6.45) is 4.17. The molecule has 0 fully saturated rings. The van der Waals surface area contributed by atoms with Crippen molar-refractivity contribution in [3.63, 3.8) is 0 Å². The van der Waals surface area contributed by atoms with Crippen LogP contribution < -0.4 is 20.3 Å². The van der Waals surface area contributed by atoms with E-state index in [4.69, 9.17) is 0 Å². The van der Waals surface area contributed by atoms with Crippen molar-refractivity contribution in [3.8, 4) is 5.82 Å². The van der Waals surface area contributed by atoms with Gasteiger partial charge in [0.25, 0.3) is 5.82 Å². The highest BCUT2D eigenvalue weighted by molar-refractivity contribution is 6.89. The first kappa shape index (κ1) is 12.9. The van der Waals surface area contributed by atoms with Gasteiger partial charge in [0.15, 0.2) is 6.54 Å². The highest BCUT2D eigenvalue weighted by Crippen LogP contribution is 2.28. The number of rotatable bonds is 1. The number of anilines is 1. The van der Waals surface area contributed by atoms with Gasteiger partial charge < -0.3 is 4.81 Å². The predicted octanol–water partition coefficient (Wildman–Crippen LogP) is 0.694. The molecule has 5 heteroatoms. The minimum absolute atomic E-state index is 0.230. The maximum Gasteiger partial charge on any atom is 0.335 e. The summed E-state index contributed by atoms with van der Waals surface area (Å²) in [4.78, 5) is 7.00. The van der Waals surface area contributed by atoms with Gasteiger partial charge in [0.1, 0.15) is 0 Å². The average molecular weight is 301 g/mol. The molecule has 112 valence electrons. The van der Waals surface area contributed by atoms with Crippen molar-refractivity contribution in [1.29, 1.82) is 0 Å². The minimum atomic E-state index is 0.230. The van der Waals surface area contributed by atoms with Crippen LogP contribution in [0.15, 0.2) is 42.7 Å². The molecule has 0 amide bonds. The monoisotopic (exact) mass is 301 g/mol. The van der Waals surface area contributed by atoms with Crippen LogP contribution in [0.25, 0.3) is 5.82 Å². The zero-order chi connectivity index (χ0) is 15.7. The smallest absolute Gasteiger partial charge is 0.335 e. The van der Waals surface area contributed by atoms with Gasteiger partial charge in [-0.1, -0.05) is 35.4 Å². The molecular weight excluding hydrogens is 283 g/mol. The lowest BCUT2D eigenvalue weighted by atomic mass is 9.46. The molecule has 2 aliphatic rings. The number of hydrogen-bond acceptors (Lipinski definition) is 2. The third-order valence-electron chi connectivity index (χ3n) is 5.27. The average Bonchev–Trinajstić information content (AvgIpc) is 3.09. The second-order valence-electron chi connectivity index (χ2n) is 6.60. The van der Waals surface area contributed by atoms with Gasteiger partial charge in [-0.15, -0.1) is 0 Å². The molecule has 0 bridgehead atoms. The van der Waals surface area contributed by atoms with E-state index in [-0.39, 0.29) is 6.85 Å². The van der Waals surface area contributed by atoms with E-state index in [2.05, 4.69) is 76.4 Å². The second-order valence-corrected chi connectivity index (χ2v) is 6.60. The molecular formula is C18H18BN4+. The van der Waals surface area contributed by atoms with E-state index >= 15 is 0 Å². The molecule has 0 saturated carbocycles. The minimum Gasteiger partial charge on any atom is -0.375 e. The van der Waals surface area contributed by atoms with E-state index in [9.17, 15) is 0 Å². The van der Waals surface area contributed by atoms with Crippen molar-refractivity contribution >= 4 is 23.6 Å². The molecule has 0 atom stereocenters. The van der Waals surface area contributed by atoms with Crippen LogP contribution in [0, 0.1) is 13.8 Å². The fraction of sp³-hybridized carbons (Fsp3) is 0.222. The number of benzene rings is 1. The molecule has 0 N–H and O–H groups in total.